The van der Waals surface area contributed by atoms with Crippen molar-refractivity contribution in [2.24, 2.45) is 5.14 Å². The van der Waals surface area contributed by atoms with Crippen molar-refractivity contribution in [1.82, 2.24) is 4.98 Å². The van der Waals surface area contributed by atoms with E-state index >= 15 is 0 Å². The number of carbonyl (C=O) groups excluding carboxylic acids is 1. The van der Waals surface area contributed by atoms with Gasteiger partial charge in [0.25, 0.3) is 5.91 Å². The van der Waals surface area contributed by atoms with E-state index in [0.29, 0.717) is 16.5 Å². The van der Waals surface area contributed by atoms with Crippen LogP contribution in [-0.2, 0) is 10.0 Å². The van der Waals surface area contributed by atoms with Crippen LogP contribution in [0.15, 0.2) is 47.4 Å². The Labute approximate surface area is 148 Å². The molecule has 0 bridgehead atoms. The third kappa shape index (κ3) is 3.60. The van der Waals surface area contributed by atoms with Crippen LogP contribution in [0, 0.1) is 0 Å². The number of rotatable bonds is 4. The van der Waals surface area contributed by atoms with E-state index < -0.39 is 15.9 Å². The number of sulfonamides is 1. The van der Waals surface area contributed by atoms with Crippen molar-refractivity contribution >= 4 is 44.1 Å². The lowest BCUT2D eigenvalue weighted by molar-refractivity contribution is 0.102. The Morgan fingerprint density at radius 3 is 2.64 bits per heavy atom. The predicted octanol–water partition coefficient (Wildman–Crippen LogP) is 2.73. The van der Waals surface area contributed by atoms with Crippen molar-refractivity contribution in [1.29, 1.82) is 0 Å². The molecule has 7 nitrogen and oxygen atoms in total. The summed E-state index contributed by atoms with van der Waals surface area (Å²) in [5, 5.41) is 9.08. The van der Waals surface area contributed by atoms with Gasteiger partial charge in [0.15, 0.2) is 0 Å². The third-order valence-electron chi connectivity index (χ3n) is 3.58. The summed E-state index contributed by atoms with van der Waals surface area (Å²) in [7, 11) is -2.50. The second kappa shape index (κ2) is 6.40. The van der Waals surface area contributed by atoms with Crippen molar-refractivity contribution in [2.45, 2.75) is 4.90 Å². The molecule has 2 aromatic carbocycles. The van der Waals surface area contributed by atoms with Gasteiger partial charge in [0.2, 0.25) is 10.0 Å². The Morgan fingerprint density at radius 2 is 1.96 bits per heavy atom. The minimum absolute atomic E-state index is 0.132. The maximum absolute atomic E-state index is 12.5. The minimum Gasteiger partial charge on any atom is -0.495 e. The van der Waals surface area contributed by atoms with Crippen molar-refractivity contribution < 1.29 is 17.9 Å². The lowest BCUT2D eigenvalue weighted by Gasteiger charge is -2.11. The topological polar surface area (TPSA) is 114 Å². The van der Waals surface area contributed by atoms with Crippen LogP contribution in [0.25, 0.3) is 10.9 Å². The highest BCUT2D eigenvalue weighted by Gasteiger charge is 2.16. The number of halogens is 1. The predicted molar refractivity (Wildman–Crippen MR) is 95.6 cm³/mol. The molecule has 0 unspecified atom stereocenters. The second-order valence-electron chi connectivity index (χ2n) is 5.28. The molecule has 0 aliphatic carbocycles. The van der Waals surface area contributed by atoms with Gasteiger partial charge < -0.3 is 15.0 Å². The standard InChI is InChI=1S/C16H14ClN3O4S/c1-24-15-5-3-11(25(18,22)23)8-13(15)20-16(21)14-7-9-6-10(17)2-4-12(9)19-14/h2-8,19H,1H3,(H,20,21)(H2,18,22,23). The summed E-state index contributed by atoms with van der Waals surface area (Å²) in [5.74, 6) is -0.155. The molecule has 130 valence electrons. The molecule has 9 heteroatoms. The molecule has 3 aromatic rings. The first-order chi connectivity index (χ1) is 11.8. The van der Waals surface area contributed by atoms with Crippen LogP contribution in [0.5, 0.6) is 5.75 Å². The summed E-state index contributed by atoms with van der Waals surface area (Å²) in [6, 6.07) is 10.8. The zero-order chi connectivity index (χ0) is 18.2. The number of benzene rings is 2. The molecule has 1 heterocycles. The Morgan fingerprint density at radius 1 is 1.20 bits per heavy atom. The van der Waals surface area contributed by atoms with Crippen LogP contribution in [0.2, 0.25) is 5.02 Å². The number of aromatic nitrogens is 1. The number of nitrogens with two attached hydrogens (primary N) is 1. The van der Waals surface area contributed by atoms with E-state index in [2.05, 4.69) is 10.3 Å². The van der Waals surface area contributed by atoms with Crippen LogP contribution < -0.4 is 15.2 Å². The monoisotopic (exact) mass is 379 g/mol. The Kier molecular flexibility index (Phi) is 4.42. The second-order valence-corrected chi connectivity index (χ2v) is 7.27. The quantitative estimate of drug-likeness (QED) is 0.646. The lowest BCUT2D eigenvalue weighted by atomic mass is 10.2. The lowest BCUT2D eigenvalue weighted by Crippen LogP contribution is -2.15. The highest BCUT2D eigenvalue weighted by molar-refractivity contribution is 7.89. The maximum atomic E-state index is 12.5. The fourth-order valence-electron chi connectivity index (χ4n) is 2.38. The van der Waals surface area contributed by atoms with Gasteiger partial charge >= 0.3 is 0 Å². The number of carbonyl (C=O) groups is 1. The van der Waals surface area contributed by atoms with Crippen LogP contribution in [-0.4, -0.2) is 26.4 Å². The van der Waals surface area contributed by atoms with E-state index in [9.17, 15) is 13.2 Å². The number of ether oxygens (including phenoxy) is 1. The van der Waals surface area contributed by atoms with E-state index in [1.54, 1.807) is 24.3 Å². The van der Waals surface area contributed by atoms with E-state index in [0.717, 1.165) is 10.9 Å². The molecule has 0 aliphatic rings. The van der Waals surface area contributed by atoms with Gasteiger partial charge in [-0.1, -0.05) is 11.6 Å². The summed E-state index contributed by atoms with van der Waals surface area (Å²) >= 11 is 5.94. The zero-order valence-electron chi connectivity index (χ0n) is 13.0. The summed E-state index contributed by atoms with van der Waals surface area (Å²) in [5.41, 5.74) is 1.23. The molecule has 0 spiro atoms. The van der Waals surface area contributed by atoms with Crippen LogP contribution in [0.1, 0.15) is 10.5 Å². The first-order valence-electron chi connectivity index (χ1n) is 7.08. The van der Waals surface area contributed by atoms with Crippen LogP contribution >= 0.6 is 11.6 Å². The largest absolute Gasteiger partial charge is 0.495 e. The summed E-state index contributed by atoms with van der Waals surface area (Å²) in [4.78, 5) is 15.3. The van der Waals surface area contributed by atoms with E-state index in [1.165, 1.54) is 25.3 Å². The van der Waals surface area contributed by atoms with Crippen molar-refractivity contribution in [3.8, 4) is 5.75 Å². The van der Waals surface area contributed by atoms with Crippen molar-refractivity contribution in [3.63, 3.8) is 0 Å². The van der Waals surface area contributed by atoms with Gasteiger partial charge in [-0.05, 0) is 42.5 Å². The van der Waals surface area contributed by atoms with Gasteiger partial charge in [0, 0.05) is 15.9 Å². The van der Waals surface area contributed by atoms with Crippen molar-refractivity contribution in [3.05, 3.63) is 53.2 Å². The average molecular weight is 380 g/mol. The molecule has 1 amide bonds. The third-order valence-corrected chi connectivity index (χ3v) is 4.72. The molecular weight excluding hydrogens is 366 g/mol. The van der Waals surface area contributed by atoms with E-state index in [4.69, 9.17) is 21.5 Å². The van der Waals surface area contributed by atoms with Gasteiger partial charge in [0.1, 0.15) is 11.4 Å². The average Bonchev–Trinajstić information content (AvgIpc) is 2.97. The molecule has 0 saturated carbocycles. The summed E-state index contributed by atoms with van der Waals surface area (Å²) in [6.07, 6.45) is 0. The summed E-state index contributed by atoms with van der Waals surface area (Å²) in [6.45, 7) is 0. The number of anilines is 1. The number of H-pyrrole nitrogens is 1. The Bertz CT molecular complexity index is 1080. The molecule has 25 heavy (non-hydrogen) atoms. The Balaban J connectivity index is 1.96. The number of primary sulfonamides is 1. The van der Waals surface area contributed by atoms with Gasteiger partial charge in [-0.3, -0.25) is 4.79 Å². The van der Waals surface area contributed by atoms with E-state index in [-0.39, 0.29) is 10.6 Å². The first-order valence-corrected chi connectivity index (χ1v) is 9.01. The number of amides is 1. The fraction of sp³-hybridized carbons (Fsp3) is 0.0625. The minimum atomic E-state index is -3.91. The highest BCUT2D eigenvalue weighted by Crippen LogP contribution is 2.28. The van der Waals surface area contributed by atoms with E-state index in [1.807, 2.05) is 0 Å². The molecule has 0 fully saturated rings. The van der Waals surface area contributed by atoms with Gasteiger partial charge in [-0.15, -0.1) is 0 Å². The maximum Gasteiger partial charge on any atom is 0.272 e. The molecular formula is C16H14ClN3O4S. The molecule has 4 N–H and O–H groups in total. The van der Waals surface area contributed by atoms with Crippen molar-refractivity contribution in [2.75, 3.05) is 12.4 Å². The Hall–Kier alpha value is -2.55. The number of fused-ring (bicyclic) bond motifs is 1. The van der Waals surface area contributed by atoms with Crippen LogP contribution in [0.3, 0.4) is 0 Å². The zero-order valence-corrected chi connectivity index (χ0v) is 14.6. The highest BCUT2D eigenvalue weighted by atomic mass is 35.5. The molecule has 3 rings (SSSR count). The number of methoxy groups -OCH3 is 1. The molecule has 0 atom stereocenters. The SMILES string of the molecule is COc1ccc(S(N)(=O)=O)cc1NC(=O)c1cc2cc(Cl)ccc2[nH]1. The molecule has 0 saturated heterocycles. The smallest absolute Gasteiger partial charge is 0.272 e. The number of hydrogen-bond donors (Lipinski definition) is 3. The number of nitrogens with one attached hydrogen (secondary N) is 2. The number of hydrogen-bond acceptors (Lipinski definition) is 4. The summed E-state index contributed by atoms with van der Waals surface area (Å²) < 4.78 is 28.1. The van der Waals surface area contributed by atoms with Gasteiger partial charge in [-0.25, -0.2) is 13.6 Å². The number of aromatic amines is 1. The molecule has 0 aliphatic heterocycles. The first kappa shape index (κ1) is 17.3. The van der Waals surface area contributed by atoms with Gasteiger partial charge in [0.05, 0.1) is 17.7 Å². The normalized spacial score (nSPS) is 11.5. The molecule has 0 radical (unpaired) electrons. The van der Waals surface area contributed by atoms with Crippen LogP contribution in [0.4, 0.5) is 5.69 Å². The van der Waals surface area contributed by atoms with Gasteiger partial charge in [-0.2, -0.15) is 0 Å². The fourth-order valence-corrected chi connectivity index (χ4v) is 3.10. The molecule has 1 aromatic heterocycles.